The van der Waals surface area contributed by atoms with Crippen LogP contribution in [0, 0.1) is 0 Å². The first-order valence-corrected chi connectivity index (χ1v) is 9.18. The molecule has 0 spiro atoms. The number of aromatic nitrogens is 3. The highest BCUT2D eigenvalue weighted by molar-refractivity contribution is 7.18. The monoisotopic (exact) mass is 353 g/mol. The number of thiazole rings is 1. The number of aryl methyl sites for hydroxylation is 1. The topological polar surface area (TPSA) is 32.9 Å². The summed E-state index contributed by atoms with van der Waals surface area (Å²) in [6.45, 7) is 0. The maximum Gasteiger partial charge on any atom is 0.262 e. The van der Waals surface area contributed by atoms with Gasteiger partial charge in [0, 0.05) is 31.8 Å². The molecule has 0 radical (unpaired) electrons. The Hall–Kier alpha value is -2.31. The van der Waals surface area contributed by atoms with Gasteiger partial charge in [0.2, 0.25) is 5.52 Å². The van der Waals surface area contributed by atoms with E-state index >= 15 is 0 Å². The molecule has 4 aromatic rings. The molecule has 0 saturated carbocycles. The van der Waals surface area contributed by atoms with Crippen molar-refractivity contribution in [3.63, 3.8) is 0 Å². The molecule has 0 aliphatic rings. The number of hydrogen-bond donors (Lipinski definition) is 0. The van der Waals surface area contributed by atoms with Gasteiger partial charge in [0.05, 0.1) is 17.4 Å². The molecule has 2 aromatic carbocycles. The maximum atomic E-state index is 4.49. The molecular weight excluding hydrogens is 336 g/mol. The number of fused-ring (bicyclic) bond motifs is 2. The van der Waals surface area contributed by atoms with E-state index in [0.29, 0.717) is 0 Å². The number of anilines is 1. The molecule has 0 amide bonds. The van der Waals surface area contributed by atoms with Crippen molar-refractivity contribution in [2.24, 2.45) is 7.05 Å². The summed E-state index contributed by atoms with van der Waals surface area (Å²) in [6.07, 6.45) is 4.29. The van der Waals surface area contributed by atoms with Crippen LogP contribution < -0.4 is 9.47 Å². The summed E-state index contributed by atoms with van der Waals surface area (Å²) in [6, 6.07) is 12.7. The van der Waals surface area contributed by atoms with E-state index in [1.54, 1.807) is 11.3 Å². The number of hydrogen-bond acceptors (Lipinski definition) is 5. The molecule has 0 unspecified atom stereocenters. The minimum absolute atomic E-state index is 0.964. The van der Waals surface area contributed by atoms with Crippen LogP contribution in [0.1, 0.15) is 10.6 Å². The molecule has 0 saturated heterocycles. The Morgan fingerprint density at radius 1 is 1.00 bits per heavy atom. The minimum atomic E-state index is 0.964. The summed E-state index contributed by atoms with van der Waals surface area (Å²) in [5.41, 5.74) is 5.38. The zero-order valence-electron chi connectivity index (χ0n) is 13.7. The van der Waals surface area contributed by atoms with E-state index in [1.165, 1.54) is 27.0 Å². The molecule has 2 aromatic heterocycles. The largest absolute Gasteiger partial charge is 0.376 e. The summed E-state index contributed by atoms with van der Waals surface area (Å²) in [7, 11) is 6.16. The van der Waals surface area contributed by atoms with Gasteiger partial charge in [-0.3, -0.25) is 0 Å². The first-order chi connectivity index (χ1) is 11.6. The van der Waals surface area contributed by atoms with Crippen LogP contribution in [0.4, 0.5) is 5.69 Å². The van der Waals surface area contributed by atoms with Crippen molar-refractivity contribution in [2.75, 3.05) is 19.0 Å². The maximum absolute atomic E-state index is 4.49. The molecule has 0 fully saturated rings. The van der Waals surface area contributed by atoms with Gasteiger partial charge in [0.15, 0.2) is 0 Å². The lowest BCUT2D eigenvalue weighted by molar-refractivity contribution is -0.642. The van der Waals surface area contributed by atoms with Gasteiger partial charge in [0.25, 0.3) is 5.01 Å². The second-order valence-electron chi connectivity index (χ2n) is 5.83. The molecule has 0 aliphatic carbocycles. The van der Waals surface area contributed by atoms with E-state index in [-0.39, 0.29) is 0 Å². The molecular formula is C18H17N4S2+. The Labute approximate surface area is 148 Å². The molecule has 4 nitrogen and oxygen atoms in total. The van der Waals surface area contributed by atoms with Gasteiger partial charge >= 0.3 is 0 Å². The standard InChI is InChI=1S/C18H17N4S2/c1-21(2)14-10-8-12(17-18(14)20-24-19-17)9-11-16-22(3)13-6-4-5-7-15(13)23-16/h4-11H,1-3H3/q+1. The van der Waals surface area contributed by atoms with E-state index in [4.69, 9.17) is 0 Å². The molecule has 4 rings (SSSR count). The Morgan fingerprint density at radius 2 is 1.79 bits per heavy atom. The summed E-state index contributed by atoms with van der Waals surface area (Å²) < 4.78 is 12.5. The lowest BCUT2D eigenvalue weighted by Crippen LogP contribution is -2.28. The minimum Gasteiger partial charge on any atom is -0.376 e. The number of para-hydroxylation sites is 1. The SMILES string of the molecule is CN(C)c1ccc(/C=C/c2sc3ccccc3[n+]2C)c2nsnc12. The first-order valence-electron chi connectivity index (χ1n) is 7.63. The average Bonchev–Trinajstić information content (AvgIpc) is 3.18. The summed E-state index contributed by atoms with van der Waals surface area (Å²) in [5, 5.41) is 1.21. The number of rotatable bonds is 3. The molecule has 0 bridgehead atoms. The normalized spacial score (nSPS) is 11.8. The predicted molar refractivity (Wildman–Crippen MR) is 104 cm³/mol. The van der Waals surface area contributed by atoms with Gasteiger partial charge in [-0.15, -0.1) is 0 Å². The fraction of sp³-hybridized carbons (Fsp3) is 0.167. The van der Waals surface area contributed by atoms with Crippen molar-refractivity contribution >= 4 is 62.2 Å². The fourth-order valence-corrected chi connectivity index (χ4v) is 4.42. The second-order valence-corrected chi connectivity index (χ2v) is 7.42. The van der Waals surface area contributed by atoms with Crippen LogP contribution in [0.25, 0.3) is 33.4 Å². The van der Waals surface area contributed by atoms with E-state index in [9.17, 15) is 0 Å². The van der Waals surface area contributed by atoms with Crippen LogP contribution in [0.3, 0.4) is 0 Å². The lowest BCUT2D eigenvalue weighted by atomic mass is 10.1. The zero-order valence-corrected chi connectivity index (χ0v) is 15.4. The second kappa shape index (κ2) is 5.96. The van der Waals surface area contributed by atoms with E-state index in [0.717, 1.165) is 22.3 Å². The van der Waals surface area contributed by atoms with Gasteiger partial charge in [0.1, 0.15) is 22.8 Å². The van der Waals surface area contributed by atoms with Crippen molar-refractivity contribution in [3.8, 4) is 0 Å². The van der Waals surface area contributed by atoms with Crippen LogP contribution >= 0.6 is 23.1 Å². The van der Waals surface area contributed by atoms with Crippen LogP contribution in [-0.4, -0.2) is 22.8 Å². The van der Waals surface area contributed by atoms with E-state index in [2.05, 4.69) is 73.8 Å². The molecule has 120 valence electrons. The van der Waals surface area contributed by atoms with Crippen LogP contribution in [-0.2, 0) is 7.05 Å². The van der Waals surface area contributed by atoms with E-state index in [1.807, 2.05) is 14.1 Å². The Balaban J connectivity index is 1.78. The summed E-state index contributed by atoms with van der Waals surface area (Å²) in [5.74, 6) is 0. The molecule has 24 heavy (non-hydrogen) atoms. The predicted octanol–water partition coefficient (Wildman–Crippen LogP) is 3.97. The highest BCUT2D eigenvalue weighted by Crippen LogP contribution is 2.28. The van der Waals surface area contributed by atoms with Crippen LogP contribution in [0.5, 0.6) is 0 Å². The summed E-state index contributed by atoms with van der Waals surface area (Å²) in [4.78, 5) is 2.07. The summed E-state index contributed by atoms with van der Waals surface area (Å²) >= 11 is 3.06. The van der Waals surface area contributed by atoms with Crippen molar-refractivity contribution < 1.29 is 4.57 Å². The van der Waals surface area contributed by atoms with Crippen molar-refractivity contribution in [1.82, 2.24) is 8.75 Å². The van der Waals surface area contributed by atoms with Crippen molar-refractivity contribution in [1.29, 1.82) is 0 Å². The van der Waals surface area contributed by atoms with Crippen LogP contribution in [0.15, 0.2) is 36.4 Å². The highest BCUT2D eigenvalue weighted by atomic mass is 32.1. The van der Waals surface area contributed by atoms with Gasteiger partial charge in [-0.05, 0) is 18.2 Å². The number of nitrogens with zero attached hydrogens (tertiary/aromatic N) is 4. The Kier molecular flexibility index (Phi) is 3.78. The lowest BCUT2D eigenvalue weighted by Gasteiger charge is -2.12. The average molecular weight is 353 g/mol. The molecule has 0 N–H and O–H groups in total. The Morgan fingerprint density at radius 3 is 2.58 bits per heavy atom. The van der Waals surface area contributed by atoms with Crippen LogP contribution in [0.2, 0.25) is 0 Å². The number of benzene rings is 2. The fourth-order valence-electron chi connectivity index (χ4n) is 2.80. The third kappa shape index (κ3) is 2.48. The molecule has 0 atom stereocenters. The zero-order chi connectivity index (χ0) is 16.7. The van der Waals surface area contributed by atoms with E-state index < -0.39 is 0 Å². The first kappa shape index (κ1) is 15.2. The molecule has 6 heteroatoms. The molecule has 2 heterocycles. The Bertz CT molecular complexity index is 1060. The van der Waals surface area contributed by atoms with Crippen molar-refractivity contribution in [2.45, 2.75) is 0 Å². The highest BCUT2D eigenvalue weighted by Gasteiger charge is 2.14. The quantitative estimate of drug-likeness (QED) is 0.523. The van der Waals surface area contributed by atoms with Gasteiger partial charge < -0.3 is 4.90 Å². The van der Waals surface area contributed by atoms with Gasteiger partial charge in [-0.1, -0.05) is 29.5 Å². The third-order valence-electron chi connectivity index (χ3n) is 4.08. The van der Waals surface area contributed by atoms with Gasteiger partial charge in [-0.2, -0.15) is 13.3 Å². The third-order valence-corrected chi connectivity index (χ3v) is 5.80. The smallest absolute Gasteiger partial charge is 0.262 e. The van der Waals surface area contributed by atoms with Crippen molar-refractivity contribution in [3.05, 3.63) is 47.0 Å². The molecule has 0 aliphatic heterocycles. The van der Waals surface area contributed by atoms with Gasteiger partial charge in [-0.25, -0.2) is 0 Å².